The molecule has 0 aromatic rings. The number of hydrogen-bond acceptors (Lipinski definition) is 3. The Hall–Kier alpha value is -0.120. The highest BCUT2D eigenvalue weighted by molar-refractivity contribution is 4.74. The Balaban J connectivity index is 2.05. The summed E-state index contributed by atoms with van der Waals surface area (Å²) in [5, 5.41) is 3.53. The highest BCUT2D eigenvalue weighted by atomic mass is 15.3. The predicted octanol–water partition coefficient (Wildman–Crippen LogP) is 2.29. The van der Waals surface area contributed by atoms with Crippen molar-refractivity contribution in [3.05, 3.63) is 0 Å². The Labute approximate surface area is 120 Å². The molecule has 0 bridgehead atoms. The molecular formula is C16H35N3. The van der Waals surface area contributed by atoms with E-state index in [0.717, 1.165) is 19.0 Å². The molecule has 1 saturated heterocycles. The molecule has 3 heteroatoms. The minimum absolute atomic E-state index is 0.470. The van der Waals surface area contributed by atoms with Gasteiger partial charge < -0.3 is 10.2 Å². The molecule has 0 aromatic heterocycles. The van der Waals surface area contributed by atoms with E-state index in [4.69, 9.17) is 0 Å². The minimum Gasteiger partial charge on any atom is -0.315 e. The summed E-state index contributed by atoms with van der Waals surface area (Å²) >= 11 is 0. The van der Waals surface area contributed by atoms with Crippen molar-refractivity contribution in [3.8, 4) is 0 Å². The quantitative estimate of drug-likeness (QED) is 0.715. The van der Waals surface area contributed by atoms with Crippen LogP contribution in [0.5, 0.6) is 0 Å². The zero-order chi connectivity index (χ0) is 14.3. The molecule has 0 aromatic carbocycles. The molecule has 114 valence electrons. The number of piperazine rings is 1. The van der Waals surface area contributed by atoms with E-state index in [9.17, 15) is 0 Å². The van der Waals surface area contributed by atoms with Crippen LogP contribution in [0.25, 0.3) is 0 Å². The van der Waals surface area contributed by atoms with E-state index >= 15 is 0 Å². The number of rotatable bonds is 7. The monoisotopic (exact) mass is 269 g/mol. The van der Waals surface area contributed by atoms with Gasteiger partial charge in [-0.25, -0.2) is 0 Å². The zero-order valence-electron chi connectivity index (χ0n) is 13.8. The van der Waals surface area contributed by atoms with Crippen molar-refractivity contribution in [1.82, 2.24) is 15.1 Å². The molecule has 1 N–H and O–H groups in total. The molecule has 0 unspecified atom stereocenters. The summed E-state index contributed by atoms with van der Waals surface area (Å²) in [6, 6.07) is 0. The van der Waals surface area contributed by atoms with E-state index in [1.807, 2.05) is 0 Å². The van der Waals surface area contributed by atoms with Gasteiger partial charge in [-0.2, -0.15) is 0 Å². The van der Waals surface area contributed by atoms with Crippen molar-refractivity contribution in [2.45, 2.75) is 41.0 Å². The van der Waals surface area contributed by atoms with E-state index in [1.165, 1.54) is 45.7 Å². The van der Waals surface area contributed by atoms with E-state index in [1.54, 1.807) is 0 Å². The van der Waals surface area contributed by atoms with Gasteiger partial charge >= 0.3 is 0 Å². The molecule has 1 aliphatic heterocycles. The zero-order valence-corrected chi connectivity index (χ0v) is 13.8. The highest BCUT2D eigenvalue weighted by Crippen LogP contribution is 2.19. The van der Waals surface area contributed by atoms with Gasteiger partial charge in [0.25, 0.3) is 0 Å². The molecule has 19 heavy (non-hydrogen) atoms. The van der Waals surface area contributed by atoms with Gasteiger partial charge in [0.1, 0.15) is 0 Å². The summed E-state index contributed by atoms with van der Waals surface area (Å²) in [7, 11) is 0. The SMILES string of the molecule is CC(C)CNCCN1CCN(CCC(C)(C)C)CC1. The fraction of sp³-hybridized carbons (Fsp3) is 1.00. The average molecular weight is 269 g/mol. The lowest BCUT2D eigenvalue weighted by molar-refractivity contribution is 0.121. The van der Waals surface area contributed by atoms with E-state index in [2.05, 4.69) is 49.7 Å². The third-order valence-corrected chi connectivity index (χ3v) is 3.80. The summed E-state index contributed by atoms with van der Waals surface area (Å²) in [5.41, 5.74) is 0.470. The Morgan fingerprint density at radius 1 is 0.947 bits per heavy atom. The van der Waals surface area contributed by atoms with Crippen molar-refractivity contribution in [2.24, 2.45) is 11.3 Å². The average Bonchev–Trinajstić information content (AvgIpc) is 2.32. The molecule has 0 radical (unpaired) electrons. The summed E-state index contributed by atoms with van der Waals surface area (Å²) in [6.45, 7) is 21.3. The van der Waals surface area contributed by atoms with Crippen LogP contribution in [0.4, 0.5) is 0 Å². The molecule has 1 aliphatic rings. The Morgan fingerprint density at radius 2 is 1.47 bits per heavy atom. The maximum Gasteiger partial charge on any atom is 0.0110 e. The fourth-order valence-corrected chi connectivity index (χ4v) is 2.36. The van der Waals surface area contributed by atoms with Crippen LogP contribution >= 0.6 is 0 Å². The van der Waals surface area contributed by atoms with E-state index in [-0.39, 0.29) is 0 Å². The van der Waals surface area contributed by atoms with Gasteiger partial charge in [0.2, 0.25) is 0 Å². The summed E-state index contributed by atoms with van der Waals surface area (Å²) in [6.07, 6.45) is 1.31. The van der Waals surface area contributed by atoms with Gasteiger partial charge in [0, 0.05) is 39.3 Å². The lowest BCUT2D eigenvalue weighted by Crippen LogP contribution is -2.48. The molecule has 0 aliphatic carbocycles. The van der Waals surface area contributed by atoms with Crippen LogP contribution < -0.4 is 5.32 Å². The Bertz CT molecular complexity index is 225. The first kappa shape index (κ1) is 16.9. The molecule has 0 saturated carbocycles. The van der Waals surface area contributed by atoms with Crippen molar-refractivity contribution >= 4 is 0 Å². The lowest BCUT2D eigenvalue weighted by Gasteiger charge is -2.36. The molecule has 0 atom stereocenters. The highest BCUT2D eigenvalue weighted by Gasteiger charge is 2.18. The third kappa shape index (κ3) is 8.61. The van der Waals surface area contributed by atoms with E-state index < -0.39 is 0 Å². The molecular weight excluding hydrogens is 234 g/mol. The maximum absolute atomic E-state index is 3.53. The van der Waals surface area contributed by atoms with Gasteiger partial charge in [-0.05, 0) is 30.8 Å². The van der Waals surface area contributed by atoms with Crippen molar-refractivity contribution in [3.63, 3.8) is 0 Å². The topological polar surface area (TPSA) is 18.5 Å². The van der Waals surface area contributed by atoms with Crippen LogP contribution in [0.1, 0.15) is 41.0 Å². The number of hydrogen-bond donors (Lipinski definition) is 1. The van der Waals surface area contributed by atoms with Gasteiger partial charge in [-0.15, -0.1) is 0 Å². The van der Waals surface area contributed by atoms with Crippen molar-refractivity contribution in [2.75, 3.05) is 52.4 Å². The van der Waals surface area contributed by atoms with Crippen LogP contribution in [0.15, 0.2) is 0 Å². The van der Waals surface area contributed by atoms with Crippen LogP contribution in [-0.2, 0) is 0 Å². The summed E-state index contributed by atoms with van der Waals surface area (Å²) in [5.74, 6) is 0.759. The summed E-state index contributed by atoms with van der Waals surface area (Å²) < 4.78 is 0. The first-order valence-electron chi connectivity index (χ1n) is 8.02. The standard InChI is InChI=1S/C16H35N3/c1-15(2)14-17-7-9-19-12-10-18(11-13-19)8-6-16(3,4)5/h15,17H,6-14H2,1-5H3. The van der Waals surface area contributed by atoms with Crippen LogP contribution in [0.3, 0.4) is 0 Å². The molecule has 1 heterocycles. The van der Waals surface area contributed by atoms with Gasteiger partial charge in [-0.3, -0.25) is 4.90 Å². The molecule has 0 spiro atoms. The van der Waals surface area contributed by atoms with Crippen LogP contribution in [0.2, 0.25) is 0 Å². The predicted molar refractivity (Wildman–Crippen MR) is 84.7 cm³/mol. The molecule has 0 amide bonds. The normalized spacial score (nSPS) is 19.3. The maximum atomic E-state index is 3.53. The molecule has 1 fully saturated rings. The van der Waals surface area contributed by atoms with E-state index in [0.29, 0.717) is 5.41 Å². The number of nitrogens with zero attached hydrogens (tertiary/aromatic N) is 2. The van der Waals surface area contributed by atoms with Crippen molar-refractivity contribution in [1.29, 1.82) is 0 Å². The largest absolute Gasteiger partial charge is 0.315 e. The second kappa shape index (κ2) is 8.23. The van der Waals surface area contributed by atoms with Crippen LogP contribution in [-0.4, -0.2) is 62.2 Å². The third-order valence-electron chi connectivity index (χ3n) is 3.80. The van der Waals surface area contributed by atoms with Gasteiger partial charge in [-0.1, -0.05) is 34.6 Å². The molecule has 3 nitrogen and oxygen atoms in total. The van der Waals surface area contributed by atoms with Gasteiger partial charge in [0.15, 0.2) is 0 Å². The Morgan fingerprint density at radius 3 is 1.95 bits per heavy atom. The first-order valence-corrected chi connectivity index (χ1v) is 8.02. The number of nitrogens with one attached hydrogen (secondary N) is 1. The smallest absolute Gasteiger partial charge is 0.0110 e. The Kier molecular flexibility index (Phi) is 7.33. The fourth-order valence-electron chi connectivity index (χ4n) is 2.36. The van der Waals surface area contributed by atoms with Crippen molar-refractivity contribution < 1.29 is 0 Å². The summed E-state index contributed by atoms with van der Waals surface area (Å²) in [4.78, 5) is 5.23. The first-order chi connectivity index (χ1) is 8.87. The lowest BCUT2D eigenvalue weighted by atomic mass is 9.92. The van der Waals surface area contributed by atoms with Gasteiger partial charge in [0.05, 0.1) is 0 Å². The second-order valence-electron chi connectivity index (χ2n) is 7.59. The minimum atomic E-state index is 0.470. The van der Waals surface area contributed by atoms with Crippen LogP contribution in [0, 0.1) is 11.3 Å². The molecule has 1 rings (SSSR count). The second-order valence-corrected chi connectivity index (χ2v) is 7.59.